The van der Waals surface area contributed by atoms with Gasteiger partial charge in [0.1, 0.15) is 18.6 Å². The fourth-order valence-corrected chi connectivity index (χ4v) is 3.90. The Bertz CT molecular complexity index is 950. The number of hydrogen-bond acceptors (Lipinski definition) is 5. The first-order chi connectivity index (χ1) is 14.4. The lowest BCUT2D eigenvalue weighted by atomic mass is 10.1. The van der Waals surface area contributed by atoms with E-state index in [2.05, 4.69) is 24.7 Å². The summed E-state index contributed by atoms with van der Waals surface area (Å²) in [6.07, 6.45) is -2.88. The molecular weight excluding hydrogens is 427 g/mol. The summed E-state index contributed by atoms with van der Waals surface area (Å²) in [7, 11) is -1.19. The van der Waals surface area contributed by atoms with Crippen LogP contribution in [0.4, 0.5) is 18.9 Å². The van der Waals surface area contributed by atoms with Crippen molar-refractivity contribution in [3.63, 3.8) is 0 Å². The molecule has 1 aliphatic heterocycles. The average Bonchev–Trinajstić information content (AvgIpc) is 2.64. The maximum atomic E-state index is 12.6. The third-order valence-corrected chi connectivity index (χ3v) is 6.85. The molecule has 6 nitrogen and oxygen atoms in total. The van der Waals surface area contributed by atoms with Crippen LogP contribution >= 0.6 is 0 Å². The van der Waals surface area contributed by atoms with Gasteiger partial charge in [0.2, 0.25) is 0 Å². The number of nitrogens with zero attached hydrogens (tertiary/aromatic N) is 3. The molecule has 2 heterocycles. The molecule has 170 valence electrons. The minimum atomic E-state index is -4.37. The van der Waals surface area contributed by atoms with Crippen LogP contribution in [0.3, 0.4) is 0 Å². The summed E-state index contributed by atoms with van der Waals surface area (Å²) >= 11 is 0. The van der Waals surface area contributed by atoms with Crippen molar-refractivity contribution in [2.45, 2.75) is 51.6 Å². The Hall–Kier alpha value is -2.33. The molecule has 31 heavy (non-hydrogen) atoms. The van der Waals surface area contributed by atoms with Gasteiger partial charge in [-0.25, -0.2) is 4.68 Å². The molecule has 10 heteroatoms. The largest absolute Gasteiger partial charge is 0.487 e. The van der Waals surface area contributed by atoms with Crippen LogP contribution in [0.2, 0.25) is 25.7 Å². The minimum absolute atomic E-state index is 0.129. The lowest BCUT2D eigenvalue weighted by Gasteiger charge is -2.41. The van der Waals surface area contributed by atoms with Gasteiger partial charge in [0, 0.05) is 20.2 Å². The second-order valence-corrected chi connectivity index (χ2v) is 14.6. The molecule has 1 saturated heterocycles. The van der Waals surface area contributed by atoms with E-state index in [1.807, 2.05) is 4.90 Å². The van der Waals surface area contributed by atoms with E-state index in [9.17, 15) is 18.0 Å². The van der Waals surface area contributed by atoms with Gasteiger partial charge in [0.15, 0.2) is 0 Å². The fourth-order valence-electron chi connectivity index (χ4n) is 3.14. The van der Waals surface area contributed by atoms with Gasteiger partial charge in [-0.05, 0) is 37.2 Å². The molecular formula is C21H28F3N3O3Si. The number of benzene rings is 1. The molecule has 0 radical (unpaired) electrons. The van der Waals surface area contributed by atoms with Crippen LogP contribution in [-0.2, 0) is 17.6 Å². The topological polar surface area (TPSA) is 56.6 Å². The van der Waals surface area contributed by atoms with Gasteiger partial charge in [-0.3, -0.25) is 4.79 Å². The van der Waals surface area contributed by atoms with Crippen LogP contribution in [-0.4, -0.2) is 43.7 Å². The van der Waals surface area contributed by atoms with Crippen LogP contribution in [0.15, 0.2) is 35.3 Å². The molecule has 0 N–H and O–H groups in total. The first kappa shape index (κ1) is 23.3. The Labute approximate surface area is 180 Å². The highest BCUT2D eigenvalue weighted by molar-refractivity contribution is 6.76. The van der Waals surface area contributed by atoms with E-state index in [4.69, 9.17) is 9.47 Å². The lowest BCUT2D eigenvalue weighted by molar-refractivity contribution is -0.137. The Morgan fingerprint density at radius 3 is 2.39 bits per heavy atom. The monoisotopic (exact) mass is 455 g/mol. The zero-order valence-corrected chi connectivity index (χ0v) is 19.2. The van der Waals surface area contributed by atoms with Crippen molar-refractivity contribution < 1.29 is 22.6 Å². The van der Waals surface area contributed by atoms with Crippen molar-refractivity contribution in [3.8, 4) is 5.75 Å². The predicted molar refractivity (Wildman–Crippen MR) is 115 cm³/mol. The standard InChI is InChI=1S/C21H28F3N3O3Si/c1-15-19(11-25-27(20(15)28)14-29-9-10-31(2,3)4)26-12-18(13-26)30-17-7-5-16(6-8-17)21(22,23)24/h5-8,11,18H,9-10,12-14H2,1-4H3. The maximum absolute atomic E-state index is 12.6. The third kappa shape index (κ3) is 6.10. The van der Waals surface area contributed by atoms with Gasteiger partial charge in [-0.1, -0.05) is 19.6 Å². The molecule has 1 aromatic heterocycles. The summed E-state index contributed by atoms with van der Waals surface area (Å²) in [5.74, 6) is 0.387. The Morgan fingerprint density at radius 2 is 1.81 bits per heavy atom. The number of anilines is 1. The molecule has 1 aromatic carbocycles. The highest BCUT2D eigenvalue weighted by Crippen LogP contribution is 2.31. The summed E-state index contributed by atoms with van der Waals surface area (Å²) in [5, 5.41) is 4.22. The molecule has 0 spiro atoms. The van der Waals surface area contributed by atoms with Crippen molar-refractivity contribution >= 4 is 13.8 Å². The Balaban J connectivity index is 1.53. The fraction of sp³-hybridized carbons (Fsp3) is 0.524. The highest BCUT2D eigenvalue weighted by Gasteiger charge is 2.32. The van der Waals surface area contributed by atoms with Gasteiger partial charge in [0.05, 0.1) is 30.5 Å². The second-order valence-electron chi connectivity index (χ2n) is 8.97. The lowest BCUT2D eigenvalue weighted by Crippen LogP contribution is -2.54. The number of halogens is 3. The molecule has 1 fully saturated rings. The highest BCUT2D eigenvalue weighted by atomic mass is 28.3. The molecule has 1 aliphatic rings. The van der Waals surface area contributed by atoms with E-state index in [-0.39, 0.29) is 18.4 Å². The molecule has 3 rings (SSSR count). The quantitative estimate of drug-likeness (QED) is 0.442. The number of ether oxygens (including phenoxy) is 2. The van der Waals surface area contributed by atoms with E-state index in [1.165, 1.54) is 16.8 Å². The van der Waals surface area contributed by atoms with E-state index in [1.54, 1.807) is 13.1 Å². The van der Waals surface area contributed by atoms with Gasteiger partial charge < -0.3 is 14.4 Å². The van der Waals surface area contributed by atoms with Crippen LogP contribution in [0.5, 0.6) is 5.75 Å². The van der Waals surface area contributed by atoms with E-state index < -0.39 is 19.8 Å². The number of hydrogen-bond donors (Lipinski definition) is 0. The molecule has 0 aliphatic carbocycles. The van der Waals surface area contributed by atoms with Crippen LogP contribution in [0, 0.1) is 6.92 Å². The van der Waals surface area contributed by atoms with Gasteiger partial charge >= 0.3 is 6.18 Å². The first-order valence-corrected chi connectivity index (χ1v) is 13.9. The minimum Gasteiger partial charge on any atom is -0.487 e. The molecule has 0 amide bonds. The Morgan fingerprint density at radius 1 is 1.16 bits per heavy atom. The second kappa shape index (κ2) is 9.03. The average molecular weight is 456 g/mol. The normalized spacial score (nSPS) is 15.1. The zero-order valence-electron chi connectivity index (χ0n) is 18.2. The van der Waals surface area contributed by atoms with Crippen LogP contribution in [0.25, 0.3) is 0 Å². The molecule has 0 bridgehead atoms. The summed E-state index contributed by atoms with van der Waals surface area (Å²) in [6.45, 7) is 10.3. The predicted octanol–water partition coefficient (Wildman–Crippen LogP) is 4.15. The number of aromatic nitrogens is 2. The third-order valence-electron chi connectivity index (χ3n) is 5.14. The van der Waals surface area contributed by atoms with Crippen molar-refractivity contribution in [2.75, 3.05) is 24.6 Å². The van der Waals surface area contributed by atoms with E-state index in [0.29, 0.717) is 31.0 Å². The smallest absolute Gasteiger partial charge is 0.416 e. The summed E-state index contributed by atoms with van der Waals surface area (Å²) in [4.78, 5) is 14.6. The summed E-state index contributed by atoms with van der Waals surface area (Å²) in [6, 6.07) is 5.67. The summed E-state index contributed by atoms with van der Waals surface area (Å²) in [5.41, 5.74) is 0.409. The van der Waals surface area contributed by atoms with E-state index in [0.717, 1.165) is 23.9 Å². The van der Waals surface area contributed by atoms with Crippen LogP contribution in [0.1, 0.15) is 11.1 Å². The number of rotatable bonds is 8. The van der Waals surface area contributed by atoms with Crippen molar-refractivity contribution in [1.82, 2.24) is 9.78 Å². The van der Waals surface area contributed by atoms with Gasteiger partial charge in [-0.2, -0.15) is 18.3 Å². The molecule has 0 saturated carbocycles. The summed E-state index contributed by atoms with van der Waals surface area (Å²) < 4.78 is 50.6. The van der Waals surface area contributed by atoms with Gasteiger partial charge in [-0.15, -0.1) is 0 Å². The SMILES string of the molecule is Cc1c(N2CC(Oc3ccc(C(F)(F)F)cc3)C2)cnn(COCC[Si](C)(C)C)c1=O. The Kier molecular flexibility index (Phi) is 6.80. The molecule has 0 atom stereocenters. The number of alkyl halides is 3. The molecule has 0 unspecified atom stereocenters. The first-order valence-electron chi connectivity index (χ1n) is 10.2. The van der Waals surface area contributed by atoms with Crippen molar-refractivity contribution in [2.24, 2.45) is 0 Å². The van der Waals surface area contributed by atoms with Crippen LogP contribution < -0.4 is 15.2 Å². The van der Waals surface area contributed by atoms with E-state index >= 15 is 0 Å². The zero-order chi connectivity index (χ0) is 22.8. The van der Waals surface area contributed by atoms with Gasteiger partial charge in [0.25, 0.3) is 5.56 Å². The molecule has 2 aromatic rings. The van der Waals surface area contributed by atoms with Crippen molar-refractivity contribution in [3.05, 3.63) is 51.9 Å². The maximum Gasteiger partial charge on any atom is 0.416 e. The van der Waals surface area contributed by atoms with Crippen molar-refractivity contribution in [1.29, 1.82) is 0 Å².